The highest BCUT2D eigenvalue weighted by Crippen LogP contribution is 2.65. The van der Waals surface area contributed by atoms with Gasteiger partial charge >= 0.3 is 0 Å². The number of aromatic nitrogens is 2. The average Bonchev–Trinajstić information content (AvgIpc) is 3.28. The van der Waals surface area contributed by atoms with Crippen molar-refractivity contribution >= 4 is 11.5 Å². The van der Waals surface area contributed by atoms with Gasteiger partial charge in [0, 0.05) is 11.8 Å². The first-order chi connectivity index (χ1) is 14.4. The molecule has 6 heteroatoms. The van der Waals surface area contributed by atoms with E-state index in [4.69, 9.17) is 9.36 Å². The van der Waals surface area contributed by atoms with Crippen molar-refractivity contribution in [3.05, 3.63) is 11.7 Å². The molecule has 4 fully saturated rings. The zero-order chi connectivity index (χ0) is 20.9. The molecule has 0 N–H and O–H groups in total. The van der Waals surface area contributed by atoms with Gasteiger partial charge in [-0.3, -0.25) is 4.79 Å². The third-order valence-corrected chi connectivity index (χ3v) is 9.38. The van der Waals surface area contributed by atoms with Crippen LogP contribution in [0, 0.1) is 41.4 Å². The summed E-state index contributed by atoms with van der Waals surface area (Å²) in [6.45, 7) is 7.12. The number of ketones is 1. The van der Waals surface area contributed by atoms with Crippen LogP contribution in [0.5, 0.6) is 0 Å². The standard InChI is InChI=1S/C24H35N3O3/c1-15-25-22(30-26-15)10-13-29-27-17-8-11-23(2)16(14-17)4-5-18-19-6-7-21(28)24(19,3)12-9-20(18)23/h16,18-20H,4-14H2,1-3H3/t16?,18?,19?,20?,23-,24-/m0/s1. The second kappa shape index (κ2) is 7.45. The largest absolute Gasteiger partial charge is 0.395 e. The summed E-state index contributed by atoms with van der Waals surface area (Å²) in [5.74, 6) is 4.68. The number of nitrogens with zero attached hydrogens (tertiary/aromatic N) is 3. The first kappa shape index (κ1) is 20.2. The van der Waals surface area contributed by atoms with Crippen molar-refractivity contribution in [1.29, 1.82) is 0 Å². The molecule has 164 valence electrons. The molecule has 0 bridgehead atoms. The Morgan fingerprint density at radius 2 is 2.00 bits per heavy atom. The summed E-state index contributed by atoms with van der Waals surface area (Å²) in [5, 5.41) is 8.29. The molecule has 30 heavy (non-hydrogen) atoms. The van der Waals surface area contributed by atoms with Crippen molar-refractivity contribution < 1.29 is 14.2 Å². The van der Waals surface area contributed by atoms with Gasteiger partial charge in [0.1, 0.15) is 12.4 Å². The molecule has 6 nitrogen and oxygen atoms in total. The van der Waals surface area contributed by atoms with Crippen LogP contribution in [0.4, 0.5) is 0 Å². The van der Waals surface area contributed by atoms with Gasteiger partial charge in [-0.05, 0) is 87.4 Å². The van der Waals surface area contributed by atoms with Crippen molar-refractivity contribution in [2.24, 2.45) is 39.7 Å². The Balaban J connectivity index is 1.21. The van der Waals surface area contributed by atoms with E-state index >= 15 is 0 Å². The van der Waals surface area contributed by atoms with E-state index in [1.54, 1.807) is 0 Å². The Hall–Kier alpha value is -1.72. The van der Waals surface area contributed by atoms with Gasteiger partial charge < -0.3 is 9.36 Å². The van der Waals surface area contributed by atoms with Gasteiger partial charge in [-0.15, -0.1) is 0 Å². The van der Waals surface area contributed by atoms with E-state index in [0.717, 1.165) is 43.9 Å². The molecule has 1 aromatic rings. The van der Waals surface area contributed by atoms with Crippen molar-refractivity contribution in [2.45, 2.75) is 85.0 Å². The molecule has 1 aromatic heterocycles. The number of fused-ring (bicyclic) bond motifs is 5. The minimum atomic E-state index is -0.0175. The molecule has 0 aromatic carbocycles. The van der Waals surface area contributed by atoms with Crippen LogP contribution in [0.3, 0.4) is 0 Å². The smallest absolute Gasteiger partial charge is 0.230 e. The van der Waals surface area contributed by atoms with Crippen LogP contribution in [-0.2, 0) is 16.1 Å². The predicted octanol–water partition coefficient (Wildman–Crippen LogP) is 4.90. The van der Waals surface area contributed by atoms with Crippen LogP contribution < -0.4 is 0 Å². The van der Waals surface area contributed by atoms with Crippen LogP contribution in [0.25, 0.3) is 0 Å². The van der Waals surface area contributed by atoms with Crippen LogP contribution in [0.2, 0.25) is 0 Å². The fraction of sp³-hybridized carbons (Fsp3) is 0.833. The third-order valence-electron chi connectivity index (χ3n) is 9.38. The van der Waals surface area contributed by atoms with E-state index in [9.17, 15) is 4.79 Å². The van der Waals surface area contributed by atoms with Gasteiger partial charge in [0.25, 0.3) is 0 Å². The molecule has 1 heterocycles. The summed E-state index contributed by atoms with van der Waals surface area (Å²) >= 11 is 0. The zero-order valence-corrected chi connectivity index (χ0v) is 18.7. The van der Waals surface area contributed by atoms with E-state index in [1.165, 1.54) is 31.4 Å². The SMILES string of the molecule is Cc1noc(CCON=C2CC[C@@]3(C)C(CCC4C3CC[C@]3(C)C(=O)CCC43)C2)n1. The first-order valence-corrected chi connectivity index (χ1v) is 11.9. The normalized spacial score (nSPS) is 42.0. The summed E-state index contributed by atoms with van der Waals surface area (Å²) < 4.78 is 5.12. The van der Waals surface area contributed by atoms with Crippen LogP contribution in [-0.4, -0.2) is 28.2 Å². The van der Waals surface area contributed by atoms with E-state index in [0.29, 0.717) is 47.8 Å². The topological polar surface area (TPSA) is 77.6 Å². The van der Waals surface area contributed by atoms with Crippen LogP contribution >= 0.6 is 0 Å². The lowest BCUT2D eigenvalue weighted by atomic mass is 9.45. The summed E-state index contributed by atoms with van der Waals surface area (Å²) in [4.78, 5) is 22.4. The summed E-state index contributed by atoms with van der Waals surface area (Å²) in [6.07, 6.45) is 10.8. The van der Waals surface area contributed by atoms with Gasteiger partial charge in [-0.1, -0.05) is 24.2 Å². The lowest BCUT2D eigenvalue weighted by molar-refractivity contribution is -0.137. The van der Waals surface area contributed by atoms with Gasteiger partial charge in [0.2, 0.25) is 5.89 Å². The van der Waals surface area contributed by atoms with E-state index in [-0.39, 0.29) is 5.41 Å². The minimum absolute atomic E-state index is 0.0175. The minimum Gasteiger partial charge on any atom is -0.395 e. The molecule has 4 saturated carbocycles. The Morgan fingerprint density at radius 3 is 2.80 bits per heavy atom. The van der Waals surface area contributed by atoms with Crippen molar-refractivity contribution in [3.8, 4) is 0 Å². The van der Waals surface area contributed by atoms with Gasteiger partial charge in [0.05, 0.1) is 12.1 Å². The van der Waals surface area contributed by atoms with Crippen molar-refractivity contribution in [3.63, 3.8) is 0 Å². The highest BCUT2D eigenvalue weighted by Gasteiger charge is 2.60. The molecule has 5 rings (SSSR count). The second-order valence-electron chi connectivity index (χ2n) is 10.8. The van der Waals surface area contributed by atoms with Gasteiger partial charge in [-0.2, -0.15) is 4.98 Å². The monoisotopic (exact) mass is 413 g/mol. The fourth-order valence-corrected chi connectivity index (χ4v) is 7.63. The lowest BCUT2D eigenvalue weighted by Crippen LogP contribution is -2.53. The average molecular weight is 414 g/mol. The highest BCUT2D eigenvalue weighted by molar-refractivity contribution is 5.87. The molecular weight excluding hydrogens is 378 g/mol. The molecule has 0 aliphatic heterocycles. The molecule has 4 aliphatic rings. The Morgan fingerprint density at radius 1 is 1.13 bits per heavy atom. The number of oxime groups is 1. The number of carbonyl (C=O) groups is 1. The summed E-state index contributed by atoms with van der Waals surface area (Å²) in [6, 6.07) is 0. The maximum atomic E-state index is 12.6. The molecular formula is C24H35N3O3. The maximum Gasteiger partial charge on any atom is 0.230 e. The van der Waals surface area contributed by atoms with E-state index in [1.807, 2.05) is 6.92 Å². The number of hydrogen-bond acceptors (Lipinski definition) is 6. The molecule has 0 saturated heterocycles. The maximum absolute atomic E-state index is 12.6. The molecule has 0 radical (unpaired) electrons. The molecule has 6 atom stereocenters. The number of carbonyl (C=O) groups excluding carboxylic acids is 1. The lowest BCUT2D eigenvalue weighted by Gasteiger charge is -2.59. The summed E-state index contributed by atoms with van der Waals surface area (Å²) in [7, 11) is 0. The second-order valence-corrected chi connectivity index (χ2v) is 10.8. The molecule has 0 spiro atoms. The molecule has 4 unspecified atom stereocenters. The van der Waals surface area contributed by atoms with Crippen molar-refractivity contribution in [2.75, 3.05) is 6.61 Å². The number of aryl methyl sites for hydroxylation is 1. The Labute approximate surface area is 179 Å². The highest BCUT2D eigenvalue weighted by atomic mass is 16.6. The first-order valence-electron chi connectivity index (χ1n) is 11.9. The van der Waals surface area contributed by atoms with Crippen LogP contribution in [0.1, 0.15) is 83.3 Å². The van der Waals surface area contributed by atoms with E-state index < -0.39 is 0 Å². The Kier molecular flexibility index (Phi) is 5.02. The molecule has 0 amide bonds. The quantitative estimate of drug-likeness (QED) is 0.518. The van der Waals surface area contributed by atoms with Crippen molar-refractivity contribution in [1.82, 2.24) is 10.1 Å². The van der Waals surface area contributed by atoms with Crippen LogP contribution in [0.15, 0.2) is 9.68 Å². The fourth-order valence-electron chi connectivity index (χ4n) is 7.63. The van der Waals surface area contributed by atoms with E-state index in [2.05, 4.69) is 29.1 Å². The number of rotatable bonds is 4. The Bertz CT molecular complexity index is 849. The summed E-state index contributed by atoms with van der Waals surface area (Å²) in [5.41, 5.74) is 1.60. The zero-order valence-electron chi connectivity index (χ0n) is 18.7. The predicted molar refractivity (Wildman–Crippen MR) is 113 cm³/mol. The van der Waals surface area contributed by atoms with Gasteiger partial charge in [-0.25, -0.2) is 0 Å². The van der Waals surface area contributed by atoms with Gasteiger partial charge in [0.15, 0.2) is 5.82 Å². The third kappa shape index (κ3) is 3.21. The number of Topliss-reactive ketones (excluding diaryl/α,β-unsaturated/α-hetero) is 1. The number of hydrogen-bond donors (Lipinski definition) is 0. The molecule has 4 aliphatic carbocycles.